The van der Waals surface area contributed by atoms with Gasteiger partial charge in [-0.2, -0.15) is 0 Å². The molecule has 2 fully saturated rings. The maximum atomic E-state index is 11.9. The molecule has 2 atom stereocenters. The van der Waals surface area contributed by atoms with Crippen molar-refractivity contribution in [3.63, 3.8) is 0 Å². The summed E-state index contributed by atoms with van der Waals surface area (Å²) in [6.07, 6.45) is 1.49. The van der Waals surface area contributed by atoms with Crippen LogP contribution in [0.3, 0.4) is 0 Å². The number of ether oxygens (including phenoxy) is 1. The predicted octanol–water partition coefficient (Wildman–Crippen LogP) is 1.40. The van der Waals surface area contributed by atoms with Crippen LogP contribution in [-0.2, 0) is 4.74 Å². The Kier molecular flexibility index (Phi) is 2.35. The molecule has 0 aromatic carbocycles. The van der Waals surface area contributed by atoms with Crippen molar-refractivity contribution in [1.82, 2.24) is 4.90 Å². The maximum Gasteiger partial charge on any atom is 0.186 e. The summed E-state index contributed by atoms with van der Waals surface area (Å²) in [6.45, 7) is 2.30. The Balaban J connectivity index is 1.64. The van der Waals surface area contributed by atoms with Crippen molar-refractivity contribution in [3.8, 4) is 0 Å². The van der Waals surface area contributed by atoms with Gasteiger partial charge in [-0.25, -0.2) is 0 Å². The van der Waals surface area contributed by atoms with E-state index < -0.39 is 0 Å². The average molecular weight is 223 g/mol. The first-order valence-corrected chi connectivity index (χ1v) is 6.13. The largest absolute Gasteiger partial charge is 0.375 e. The predicted molar refractivity (Wildman–Crippen MR) is 58.4 cm³/mol. The zero-order chi connectivity index (χ0) is 10.3. The molecule has 3 nitrogen and oxygen atoms in total. The fourth-order valence-electron chi connectivity index (χ4n) is 2.37. The topological polar surface area (TPSA) is 29.5 Å². The second-order valence-corrected chi connectivity index (χ2v) is 5.12. The SMILES string of the molecule is O=C(CN1CC2CC1CO2)c1cccs1. The molecule has 80 valence electrons. The van der Waals surface area contributed by atoms with Gasteiger partial charge in [-0.15, -0.1) is 11.3 Å². The van der Waals surface area contributed by atoms with E-state index in [0.29, 0.717) is 18.7 Å². The third-order valence-electron chi connectivity index (χ3n) is 3.16. The number of nitrogens with zero attached hydrogens (tertiary/aromatic N) is 1. The van der Waals surface area contributed by atoms with E-state index in [9.17, 15) is 4.79 Å². The Morgan fingerprint density at radius 3 is 3.20 bits per heavy atom. The lowest BCUT2D eigenvalue weighted by molar-refractivity contribution is 0.0308. The zero-order valence-electron chi connectivity index (χ0n) is 8.39. The highest BCUT2D eigenvalue weighted by atomic mass is 32.1. The third-order valence-corrected chi connectivity index (χ3v) is 4.07. The number of Topliss-reactive ketones (excluding diaryl/α,β-unsaturated/α-hetero) is 1. The van der Waals surface area contributed by atoms with E-state index in [1.54, 1.807) is 0 Å². The van der Waals surface area contributed by atoms with Crippen LogP contribution in [0.1, 0.15) is 16.1 Å². The summed E-state index contributed by atoms with van der Waals surface area (Å²) >= 11 is 1.53. The van der Waals surface area contributed by atoms with Gasteiger partial charge in [-0.05, 0) is 17.9 Å². The van der Waals surface area contributed by atoms with Crippen molar-refractivity contribution < 1.29 is 9.53 Å². The van der Waals surface area contributed by atoms with Crippen LogP contribution in [0.4, 0.5) is 0 Å². The Bertz CT molecular complexity index is 363. The Morgan fingerprint density at radius 2 is 2.60 bits per heavy atom. The lowest BCUT2D eigenvalue weighted by Crippen LogP contribution is -2.40. The van der Waals surface area contributed by atoms with Crippen molar-refractivity contribution in [1.29, 1.82) is 0 Å². The summed E-state index contributed by atoms with van der Waals surface area (Å²) in [4.78, 5) is 15.0. The van der Waals surface area contributed by atoms with Gasteiger partial charge in [0, 0.05) is 12.6 Å². The summed E-state index contributed by atoms with van der Waals surface area (Å²) in [5.74, 6) is 0.248. The summed E-state index contributed by atoms with van der Waals surface area (Å²) < 4.78 is 5.50. The van der Waals surface area contributed by atoms with Gasteiger partial charge in [0.25, 0.3) is 0 Å². The van der Waals surface area contributed by atoms with E-state index in [-0.39, 0.29) is 5.78 Å². The summed E-state index contributed by atoms with van der Waals surface area (Å²) in [6, 6.07) is 4.31. The molecule has 15 heavy (non-hydrogen) atoms. The number of rotatable bonds is 3. The molecule has 2 aliphatic rings. The summed E-state index contributed by atoms with van der Waals surface area (Å²) in [5, 5.41) is 1.95. The molecule has 2 unspecified atom stereocenters. The molecular formula is C11H13NO2S. The first-order chi connectivity index (χ1) is 7.33. The number of carbonyl (C=O) groups is 1. The van der Waals surface area contributed by atoms with Crippen molar-refractivity contribution in [3.05, 3.63) is 22.4 Å². The molecule has 0 amide bonds. The number of carbonyl (C=O) groups excluding carboxylic acids is 1. The van der Waals surface area contributed by atoms with Gasteiger partial charge in [0.1, 0.15) is 0 Å². The number of morpholine rings is 1. The van der Waals surface area contributed by atoms with Gasteiger partial charge in [0.2, 0.25) is 0 Å². The van der Waals surface area contributed by atoms with Crippen molar-refractivity contribution in [2.24, 2.45) is 0 Å². The standard InChI is InChI=1S/C11H13NO2S/c13-10(11-2-1-3-15-11)6-12-5-9-4-8(12)7-14-9/h1-3,8-9H,4-7H2. The molecule has 1 aromatic heterocycles. The van der Waals surface area contributed by atoms with Gasteiger partial charge < -0.3 is 4.74 Å². The van der Waals surface area contributed by atoms with Crippen molar-refractivity contribution >= 4 is 17.1 Å². The van der Waals surface area contributed by atoms with Crippen LogP contribution < -0.4 is 0 Å². The molecule has 0 spiro atoms. The van der Waals surface area contributed by atoms with Crippen LogP contribution in [0.5, 0.6) is 0 Å². The second-order valence-electron chi connectivity index (χ2n) is 4.17. The van der Waals surface area contributed by atoms with Gasteiger partial charge in [-0.3, -0.25) is 9.69 Å². The average Bonchev–Trinajstić information content (AvgIpc) is 2.95. The van der Waals surface area contributed by atoms with Crippen LogP contribution in [0.2, 0.25) is 0 Å². The van der Waals surface area contributed by atoms with Crippen molar-refractivity contribution in [2.75, 3.05) is 19.7 Å². The van der Waals surface area contributed by atoms with E-state index in [4.69, 9.17) is 4.74 Å². The minimum atomic E-state index is 0.248. The molecule has 3 heterocycles. The summed E-state index contributed by atoms with van der Waals surface area (Å²) in [7, 11) is 0. The molecule has 0 aliphatic carbocycles. The molecule has 0 radical (unpaired) electrons. The quantitative estimate of drug-likeness (QED) is 0.725. The Morgan fingerprint density at radius 1 is 1.67 bits per heavy atom. The van der Waals surface area contributed by atoms with E-state index in [1.807, 2.05) is 17.5 Å². The molecule has 0 N–H and O–H groups in total. The first kappa shape index (κ1) is 9.51. The van der Waals surface area contributed by atoms with E-state index >= 15 is 0 Å². The smallest absolute Gasteiger partial charge is 0.186 e. The van der Waals surface area contributed by atoms with Crippen LogP contribution in [0.15, 0.2) is 17.5 Å². The van der Waals surface area contributed by atoms with Gasteiger partial charge in [-0.1, -0.05) is 6.07 Å². The molecule has 2 bridgehead atoms. The van der Waals surface area contributed by atoms with Crippen LogP contribution in [-0.4, -0.2) is 42.5 Å². The number of hydrogen-bond acceptors (Lipinski definition) is 4. The van der Waals surface area contributed by atoms with E-state index in [2.05, 4.69) is 4.90 Å². The maximum absolute atomic E-state index is 11.9. The zero-order valence-corrected chi connectivity index (χ0v) is 9.20. The normalized spacial score (nSPS) is 29.9. The fraction of sp³-hybridized carbons (Fsp3) is 0.545. The van der Waals surface area contributed by atoms with Crippen LogP contribution in [0.25, 0.3) is 0 Å². The molecule has 2 aliphatic heterocycles. The van der Waals surface area contributed by atoms with Gasteiger partial charge in [0.15, 0.2) is 5.78 Å². The van der Waals surface area contributed by atoms with Gasteiger partial charge in [0.05, 0.1) is 24.1 Å². The highest BCUT2D eigenvalue weighted by Gasteiger charge is 2.39. The highest BCUT2D eigenvalue weighted by molar-refractivity contribution is 7.12. The molecule has 3 rings (SSSR count). The molecule has 4 heteroatoms. The number of thiophene rings is 1. The molecule has 2 saturated heterocycles. The monoisotopic (exact) mass is 223 g/mol. The third kappa shape index (κ3) is 1.73. The number of hydrogen-bond donors (Lipinski definition) is 0. The lowest BCUT2D eigenvalue weighted by Gasteiger charge is -2.25. The molecular weight excluding hydrogens is 210 g/mol. The Hall–Kier alpha value is -0.710. The van der Waals surface area contributed by atoms with Gasteiger partial charge >= 0.3 is 0 Å². The molecule has 0 saturated carbocycles. The highest BCUT2D eigenvalue weighted by Crippen LogP contribution is 2.27. The van der Waals surface area contributed by atoms with Crippen LogP contribution >= 0.6 is 11.3 Å². The fourth-order valence-corrected chi connectivity index (χ4v) is 3.03. The molecule has 1 aromatic rings. The number of likely N-dealkylation sites (tertiary alicyclic amines) is 1. The number of fused-ring (bicyclic) bond motifs is 2. The van der Waals surface area contributed by atoms with E-state index in [1.165, 1.54) is 11.3 Å². The second kappa shape index (κ2) is 3.70. The van der Waals surface area contributed by atoms with Crippen molar-refractivity contribution in [2.45, 2.75) is 18.6 Å². The lowest BCUT2D eigenvalue weighted by atomic mass is 10.2. The summed E-state index contributed by atoms with van der Waals surface area (Å²) in [5.41, 5.74) is 0. The Labute approximate surface area is 92.6 Å². The van der Waals surface area contributed by atoms with Crippen LogP contribution in [0, 0.1) is 0 Å². The minimum absolute atomic E-state index is 0.248. The minimum Gasteiger partial charge on any atom is -0.375 e. The number of ketones is 1. The van der Waals surface area contributed by atoms with E-state index in [0.717, 1.165) is 24.4 Å². The first-order valence-electron chi connectivity index (χ1n) is 5.25.